The SMILES string of the molecule is CCNC(=O)NC(=O)CSc1nnc(C2CC2)n1CC. The molecule has 7 nitrogen and oxygen atoms in total. The Bertz CT molecular complexity index is 498. The van der Waals surface area contributed by atoms with Crippen molar-refractivity contribution in [1.29, 1.82) is 0 Å². The zero-order chi connectivity index (χ0) is 14.5. The van der Waals surface area contributed by atoms with Gasteiger partial charge in [0, 0.05) is 19.0 Å². The highest BCUT2D eigenvalue weighted by Gasteiger charge is 2.30. The lowest BCUT2D eigenvalue weighted by Gasteiger charge is -2.07. The smallest absolute Gasteiger partial charge is 0.321 e. The Kier molecular flexibility index (Phi) is 4.99. The maximum absolute atomic E-state index is 11.6. The Labute approximate surface area is 121 Å². The van der Waals surface area contributed by atoms with Crippen LogP contribution in [0, 0.1) is 0 Å². The highest BCUT2D eigenvalue weighted by Crippen LogP contribution is 2.39. The van der Waals surface area contributed by atoms with Crippen molar-refractivity contribution in [1.82, 2.24) is 25.4 Å². The minimum absolute atomic E-state index is 0.153. The van der Waals surface area contributed by atoms with Gasteiger partial charge in [-0.2, -0.15) is 0 Å². The first-order valence-electron chi connectivity index (χ1n) is 6.79. The van der Waals surface area contributed by atoms with Crippen LogP contribution in [0.2, 0.25) is 0 Å². The van der Waals surface area contributed by atoms with Crippen molar-refractivity contribution in [2.45, 2.75) is 44.3 Å². The molecule has 0 aromatic carbocycles. The molecule has 8 heteroatoms. The Morgan fingerprint density at radius 1 is 1.35 bits per heavy atom. The van der Waals surface area contributed by atoms with Crippen molar-refractivity contribution >= 4 is 23.7 Å². The molecule has 0 bridgehead atoms. The summed E-state index contributed by atoms with van der Waals surface area (Å²) in [4.78, 5) is 22.8. The first-order chi connectivity index (χ1) is 9.65. The van der Waals surface area contributed by atoms with Gasteiger partial charge < -0.3 is 9.88 Å². The van der Waals surface area contributed by atoms with Gasteiger partial charge in [-0.1, -0.05) is 11.8 Å². The normalized spacial score (nSPS) is 14.1. The van der Waals surface area contributed by atoms with E-state index in [-0.39, 0.29) is 11.7 Å². The van der Waals surface area contributed by atoms with E-state index >= 15 is 0 Å². The Morgan fingerprint density at radius 3 is 2.70 bits per heavy atom. The third-order valence-corrected chi connectivity index (χ3v) is 3.89. The quantitative estimate of drug-likeness (QED) is 0.768. The molecule has 0 spiro atoms. The van der Waals surface area contributed by atoms with Gasteiger partial charge >= 0.3 is 6.03 Å². The van der Waals surface area contributed by atoms with Crippen LogP contribution in [-0.4, -0.2) is 39.0 Å². The lowest BCUT2D eigenvalue weighted by Crippen LogP contribution is -2.40. The van der Waals surface area contributed by atoms with Gasteiger partial charge in [-0.05, 0) is 26.7 Å². The highest BCUT2D eigenvalue weighted by atomic mass is 32.2. The summed E-state index contributed by atoms with van der Waals surface area (Å²) >= 11 is 1.30. The van der Waals surface area contributed by atoms with Gasteiger partial charge in [0.05, 0.1) is 5.75 Å². The number of rotatable bonds is 6. The summed E-state index contributed by atoms with van der Waals surface area (Å²) in [5.74, 6) is 1.36. The summed E-state index contributed by atoms with van der Waals surface area (Å²) in [6, 6.07) is -0.464. The lowest BCUT2D eigenvalue weighted by molar-refractivity contribution is -0.117. The van der Waals surface area contributed by atoms with E-state index in [0.29, 0.717) is 12.5 Å². The predicted octanol–water partition coefficient (Wildman–Crippen LogP) is 1.11. The van der Waals surface area contributed by atoms with E-state index in [0.717, 1.165) is 17.5 Å². The topological polar surface area (TPSA) is 88.9 Å². The second kappa shape index (κ2) is 6.74. The molecule has 0 unspecified atom stereocenters. The third-order valence-electron chi connectivity index (χ3n) is 2.93. The summed E-state index contributed by atoms with van der Waals surface area (Å²) < 4.78 is 2.04. The molecule has 20 heavy (non-hydrogen) atoms. The molecular weight excluding hydrogens is 278 g/mol. The van der Waals surface area contributed by atoms with E-state index in [1.54, 1.807) is 6.92 Å². The summed E-state index contributed by atoms with van der Waals surface area (Å²) in [7, 11) is 0. The number of nitrogens with one attached hydrogen (secondary N) is 2. The van der Waals surface area contributed by atoms with Crippen LogP contribution in [0.5, 0.6) is 0 Å². The van der Waals surface area contributed by atoms with Crippen LogP contribution in [0.4, 0.5) is 4.79 Å². The third kappa shape index (κ3) is 3.72. The second-order valence-electron chi connectivity index (χ2n) is 4.56. The zero-order valence-corrected chi connectivity index (χ0v) is 12.5. The van der Waals surface area contributed by atoms with Crippen molar-refractivity contribution in [2.24, 2.45) is 0 Å². The molecule has 3 amide bonds. The van der Waals surface area contributed by atoms with Crippen LogP contribution in [0.3, 0.4) is 0 Å². The van der Waals surface area contributed by atoms with Gasteiger partial charge in [-0.15, -0.1) is 10.2 Å². The number of imide groups is 1. The molecule has 2 N–H and O–H groups in total. The molecule has 1 aromatic rings. The second-order valence-corrected chi connectivity index (χ2v) is 5.50. The van der Waals surface area contributed by atoms with E-state index in [2.05, 4.69) is 20.8 Å². The fraction of sp³-hybridized carbons (Fsp3) is 0.667. The fourth-order valence-corrected chi connectivity index (χ4v) is 2.65. The number of carbonyl (C=O) groups excluding carboxylic acids is 2. The van der Waals surface area contributed by atoms with Crippen LogP contribution in [0.1, 0.15) is 38.4 Å². The predicted molar refractivity (Wildman–Crippen MR) is 75.6 cm³/mol. The summed E-state index contributed by atoms with van der Waals surface area (Å²) in [6.45, 7) is 5.11. The number of hydrogen-bond donors (Lipinski definition) is 2. The van der Waals surface area contributed by atoms with Crippen LogP contribution in [0.15, 0.2) is 5.16 Å². The molecule has 0 radical (unpaired) electrons. The van der Waals surface area contributed by atoms with Crippen LogP contribution in [-0.2, 0) is 11.3 Å². The van der Waals surface area contributed by atoms with Gasteiger partial charge in [-0.25, -0.2) is 4.79 Å². The van der Waals surface area contributed by atoms with Crippen molar-refractivity contribution in [3.8, 4) is 0 Å². The number of urea groups is 1. The Hall–Kier alpha value is -1.57. The monoisotopic (exact) mass is 297 g/mol. The zero-order valence-electron chi connectivity index (χ0n) is 11.7. The molecule has 0 atom stereocenters. The van der Waals surface area contributed by atoms with E-state index in [4.69, 9.17) is 0 Å². The molecular formula is C12H19N5O2S. The Morgan fingerprint density at radius 2 is 2.10 bits per heavy atom. The van der Waals surface area contributed by atoms with E-state index < -0.39 is 6.03 Å². The highest BCUT2D eigenvalue weighted by molar-refractivity contribution is 7.99. The molecule has 1 aliphatic carbocycles. The van der Waals surface area contributed by atoms with Crippen molar-refractivity contribution in [3.05, 3.63) is 5.82 Å². The molecule has 1 saturated carbocycles. The standard InChI is InChI=1S/C12H19N5O2S/c1-3-13-11(19)14-9(18)7-20-12-16-15-10(8-5-6-8)17(12)4-2/h8H,3-7H2,1-2H3,(H2,13,14,18,19). The lowest BCUT2D eigenvalue weighted by atomic mass is 10.4. The van der Waals surface area contributed by atoms with Crippen molar-refractivity contribution < 1.29 is 9.59 Å². The van der Waals surface area contributed by atoms with Crippen molar-refractivity contribution in [2.75, 3.05) is 12.3 Å². The van der Waals surface area contributed by atoms with Gasteiger partial charge in [0.2, 0.25) is 5.91 Å². The largest absolute Gasteiger partial charge is 0.338 e. The molecule has 2 rings (SSSR count). The van der Waals surface area contributed by atoms with E-state index in [1.165, 1.54) is 24.6 Å². The van der Waals surface area contributed by atoms with Gasteiger partial charge in [-0.3, -0.25) is 10.1 Å². The van der Waals surface area contributed by atoms with Crippen LogP contribution >= 0.6 is 11.8 Å². The average Bonchev–Trinajstić information content (AvgIpc) is 3.17. The number of thioether (sulfide) groups is 1. The van der Waals surface area contributed by atoms with Gasteiger partial charge in [0.25, 0.3) is 0 Å². The maximum atomic E-state index is 11.6. The number of carbonyl (C=O) groups is 2. The van der Waals surface area contributed by atoms with E-state index in [1.807, 2.05) is 11.5 Å². The minimum Gasteiger partial charge on any atom is -0.338 e. The van der Waals surface area contributed by atoms with E-state index in [9.17, 15) is 9.59 Å². The summed E-state index contributed by atoms with van der Waals surface area (Å²) in [5, 5.41) is 13.8. The number of nitrogens with zero attached hydrogens (tertiary/aromatic N) is 3. The van der Waals surface area contributed by atoms with Gasteiger partial charge in [0.15, 0.2) is 5.16 Å². The number of aromatic nitrogens is 3. The fourth-order valence-electron chi connectivity index (χ4n) is 1.85. The molecule has 110 valence electrons. The van der Waals surface area contributed by atoms with Gasteiger partial charge in [0.1, 0.15) is 5.82 Å². The summed E-state index contributed by atoms with van der Waals surface area (Å²) in [5.41, 5.74) is 0. The maximum Gasteiger partial charge on any atom is 0.321 e. The summed E-state index contributed by atoms with van der Waals surface area (Å²) in [6.07, 6.45) is 2.33. The van der Waals surface area contributed by atoms with Crippen LogP contribution in [0.25, 0.3) is 0 Å². The first-order valence-corrected chi connectivity index (χ1v) is 7.77. The van der Waals surface area contributed by atoms with Crippen LogP contribution < -0.4 is 10.6 Å². The molecule has 1 fully saturated rings. The molecule has 1 aromatic heterocycles. The molecule has 1 aliphatic rings. The first kappa shape index (κ1) is 14.8. The number of hydrogen-bond acceptors (Lipinski definition) is 5. The average molecular weight is 297 g/mol. The minimum atomic E-state index is -0.464. The molecule has 0 aliphatic heterocycles. The van der Waals surface area contributed by atoms with Crippen molar-refractivity contribution in [3.63, 3.8) is 0 Å². The molecule has 0 saturated heterocycles. The number of amides is 3. The Balaban J connectivity index is 1.87. The molecule has 1 heterocycles.